The van der Waals surface area contributed by atoms with Crippen LogP contribution >= 0.6 is 31.9 Å². The summed E-state index contributed by atoms with van der Waals surface area (Å²) in [5.41, 5.74) is 1.12. The first kappa shape index (κ1) is 9.20. The summed E-state index contributed by atoms with van der Waals surface area (Å²) < 4.78 is 1.03. The first-order valence-corrected chi connectivity index (χ1v) is 5.14. The van der Waals surface area contributed by atoms with Crippen LogP contribution < -0.4 is 0 Å². The second kappa shape index (κ2) is 4.21. The van der Waals surface area contributed by atoms with Crippen LogP contribution in [0.15, 0.2) is 22.8 Å². The Morgan fingerprint density at radius 2 is 2.27 bits per heavy atom. The van der Waals surface area contributed by atoms with Gasteiger partial charge in [0.15, 0.2) is 0 Å². The fourth-order valence-electron chi connectivity index (χ4n) is 0.815. The Hall–Kier alpha value is 0.110. The molecular weight excluding hydrogens is 270 g/mol. The van der Waals surface area contributed by atoms with Crippen molar-refractivity contribution >= 4 is 31.9 Å². The van der Waals surface area contributed by atoms with Crippen molar-refractivity contribution in [1.82, 2.24) is 4.98 Å². The van der Waals surface area contributed by atoms with E-state index in [0.29, 0.717) is 4.83 Å². The lowest BCUT2D eigenvalue weighted by molar-refractivity contribution is 0.912. The topological polar surface area (TPSA) is 12.9 Å². The number of rotatable bonds is 2. The quantitative estimate of drug-likeness (QED) is 0.758. The van der Waals surface area contributed by atoms with E-state index in [-0.39, 0.29) is 0 Å². The molecule has 0 aliphatic carbocycles. The SMILES string of the molecule is CC(Br)Cc1ccc(Br)cn1. The highest BCUT2D eigenvalue weighted by atomic mass is 79.9. The van der Waals surface area contributed by atoms with E-state index < -0.39 is 0 Å². The number of hydrogen-bond acceptors (Lipinski definition) is 1. The Bertz CT molecular complexity index is 218. The molecule has 0 bridgehead atoms. The molecule has 1 nitrogen and oxygen atoms in total. The number of nitrogens with zero attached hydrogens (tertiary/aromatic N) is 1. The Kier molecular flexibility index (Phi) is 3.52. The average molecular weight is 279 g/mol. The predicted octanol–water partition coefficient (Wildman–Crippen LogP) is 3.17. The monoisotopic (exact) mass is 277 g/mol. The van der Waals surface area contributed by atoms with Crippen molar-refractivity contribution in [2.24, 2.45) is 0 Å². The maximum atomic E-state index is 4.24. The summed E-state index contributed by atoms with van der Waals surface area (Å²) >= 11 is 6.82. The molecule has 1 rings (SSSR count). The smallest absolute Gasteiger partial charge is 0.0415 e. The van der Waals surface area contributed by atoms with E-state index in [1.54, 1.807) is 0 Å². The van der Waals surface area contributed by atoms with Crippen molar-refractivity contribution < 1.29 is 0 Å². The third kappa shape index (κ3) is 3.34. The molecule has 60 valence electrons. The standard InChI is InChI=1S/C8H9Br2N/c1-6(9)4-8-3-2-7(10)5-11-8/h2-3,5-6H,4H2,1H3. The normalized spacial score (nSPS) is 13.0. The van der Waals surface area contributed by atoms with Gasteiger partial charge in [0.2, 0.25) is 0 Å². The molecule has 1 aromatic heterocycles. The third-order valence-corrected chi connectivity index (χ3v) is 2.07. The molecule has 1 heterocycles. The van der Waals surface area contributed by atoms with Crippen LogP contribution in [0.1, 0.15) is 12.6 Å². The van der Waals surface area contributed by atoms with Crippen molar-refractivity contribution in [2.75, 3.05) is 0 Å². The third-order valence-electron chi connectivity index (χ3n) is 1.28. The lowest BCUT2D eigenvalue weighted by Gasteiger charge is -2.01. The number of halogens is 2. The zero-order valence-corrected chi connectivity index (χ0v) is 9.39. The first-order valence-electron chi connectivity index (χ1n) is 3.43. The number of alkyl halides is 1. The number of hydrogen-bond donors (Lipinski definition) is 0. The molecule has 0 saturated carbocycles. The molecular formula is C8H9Br2N. The number of pyridine rings is 1. The molecule has 0 aliphatic rings. The zero-order valence-electron chi connectivity index (χ0n) is 6.22. The summed E-state index contributed by atoms with van der Waals surface area (Å²) in [6.45, 7) is 2.11. The van der Waals surface area contributed by atoms with Gasteiger partial charge in [0.1, 0.15) is 0 Å². The van der Waals surface area contributed by atoms with Gasteiger partial charge < -0.3 is 0 Å². The highest BCUT2D eigenvalue weighted by Crippen LogP contribution is 2.10. The maximum Gasteiger partial charge on any atom is 0.0415 e. The molecule has 1 aromatic rings. The Morgan fingerprint density at radius 1 is 1.55 bits per heavy atom. The summed E-state index contributed by atoms with van der Waals surface area (Å²) in [6, 6.07) is 4.04. The largest absolute Gasteiger partial charge is 0.260 e. The van der Waals surface area contributed by atoms with E-state index in [2.05, 4.69) is 43.8 Å². The van der Waals surface area contributed by atoms with Crippen LogP contribution in [-0.4, -0.2) is 9.81 Å². The zero-order chi connectivity index (χ0) is 8.27. The van der Waals surface area contributed by atoms with Crippen LogP contribution in [0.25, 0.3) is 0 Å². The van der Waals surface area contributed by atoms with Crippen LogP contribution in [0.3, 0.4) is 0 Å². The molecule has 1 unspecified atom stereocenters. The lowest BCUT2D eigenvalue weighted by atomic mass is 10.2. The molecule has 3 heteroatoms. The molecule has 0 radical (unpaired) electrons. The van der Waals surface area contributed by atoms with E-state index in [9.17, 15) is 0 Å². The maximum absolute atomic E-state index is 4.24. The fraction of sp³-hybridized carbons (Fsp3) is 0.375. The van der Waals surface area contributed by atoms with Gasteiger partial charge in [0, 0.05) is 27.6 Å². The van der Waals surface area contributed by atoms with Crippen LogP contribution in [0.4, 0.5) is 0 Å². The Balaban J connectivity index is 2.66. The average Bonchev–Trinajstić information content (AvgIpc) is 1.93. The van der Waals surface area contributed by atoms with E-state index in [4.69, 9.17) is 0 Å². The van der Waals surface area contributed by atoms with Gasteiger partial charge in [0.25, 0.3) is 0 Å². The van der Waals surface area contributed by atoms with E-state index >= 15 is 0 Å². The molecule has 0 aliphatic heterocycles. The molecule has 1 atom stereocenters. The van der Waals surface area contributed by atoms with Crippen molar-refractivity contribution in [1.29, 1.82) is 0 Å². The van der Waals surface area contributed by atoms with Crippen molar-refractivity contribution in [3.05, 3.63) is 28.5 Å². The summed E-state index contributed by atoms with van der Waals surface area (Å²) in [5.74, 6) is 0. The van der Waals surface area contributed by atoms with Gasteiger partial charge in [0.05, 0.1) is 0 Å². The van der Waals surface area contributed by atoms with Crippen molar-refractivity contribution in [2.45, 2.75) is 18.2 Å². The Morgan fingerprint density at radius 3 is 2.73 bits per heavy atom. The molecule has 11 heavy (non-hydrogen) atoms. The van der Waals surface area contributed by atoms with Gasteiger partial charge >= 0.3 is 0 Å². The summed E-state index contributed by atoms with van der Waals surface area (Å²) in [5, 5.41) is 0. The second-order valence-electron chi connectivity index (χ2n) is 2.45. The van der Waals surface area contributed by atoms with Crippen LogP contribution in [0.2, 0.25) is 0 Å². The summed E-state index contributed by atoms with van der Waals surface area (Å²) in [6.07, 6.45) is 2.80. The molecule has 0 saturated heterocycles. The number of aromatic nitrogens is 1. The second-order valence-corrected chi connectivity index (χ2v) is 4.93. The van der Waals surface area contributed by atoms with Gasteiger partial charge in [-0.15, -0.1) is 0 Å². The van der Waals surface area contributed by atoms with Gasteiger partial charge in [-0.05, 0) is 28.1 Å². The molecule has 0 aromatic carbocycles. The van der Waals surface area contributed by atoms with Gasteiger partial charge in [-0.3, -0.25) is 4.98 Å². The predicted molar refractivity (Wildman–Crippen MR) is 54.0 cm³/mol. The molecule has 0 spiro atoms. The van der Waals surface area contributed by atoms with E-state index in [1.165, 1.54) is 0 Å². The van der Waals surface area contributed by atoms with Crippen LogP contribution in [-0.2, 0) is 6.42 Å². The Labute approximate surface area is 83.5 Å². The molecule has 0 amide bonds. The highest BCUT2D eigenvalue weighted by Gasteiger charge is 1.98. The van der Waals surface area contributed by atoms with Crippen molar-refractivity contribution in [3.63, 3.8) is 0 Å². The van der Waals surface area contributed by atoms with Gasteiger partial charge in [-0.1, -0.05) is 22.9 Å². The lowest BCUT2D eigenvalue weighted by Crippen LogP contribution is -1.98. The minimum atomic E-state index is 0.496. The summed E-state index contributed by atoms with van der Waals surface area (Å²) in [4.78, 5) is 4.74. The van der Waals surface area contributed by atoms with E-state index in [0.717, 1.165) is 16.6 Å². The fourth-order valence-corrected chi connectivity index (χ4v) is 1.38. The van der Waals surface area contributed by atoms with Gasteiger partial charge in [-0.2, -0.15) is 0 Å². The van der Waals surface area contributed by atoms with Crippen LogP contribution in [0, 0.1) is 0 Å². The van der Waals surface area contributed by atoms with Gasteiger partial charge in [-0.25, -0.2) is 0 Å². The molecule has 0 N–H and O–H groups in total. The molecule has 0 fully saturated rings. The minimum absolute atomic E-state index is 0.496. The first-order chi connectivity index (χ1) is 5.18. The van der Waals surface area contributed by atoms with E-state index in [1.807, 2.05) is 18.3 Å². The highest BCUT2D eigenvalue weighted by molar-refractivity contribution is 9.10. The van der Waals surface area contributed by atoms with Crippen LogP contribution in [0.5, 0.6) is 0 Å². The minimum Gasteiger partial charge on any atom is -0.260 e. The summed E-state index contributed by atoms with van der Waals surface area (Å²) in [7, 11) is 0. The van der Waals surface area contributed by atoms with Crippen molar-refractivity contribution in [3.8, 4) is 0 Å².